The Kier molecular flexibility index (Phi) is 2.87. The summed E-state index contributed by atoms with van der Waals surface area (Å²) < 4.78 is 2.05. The number of benzene rings is 1. The monoisotopic (exact) mass is 334 g/mol. The van der Waals surface area contributed by atoms with Crippen LogP contribution in [0.3, 0.4) is 0 Å². The van der Waals surface area contributed by atoms with Crippen molar-refractivity contribution in [3.05, 3.63) is 62.4 Å². The second kappa shape index (κ2) is 4.57. The van der Waals surface area contributed by atoms with Crippen LogP contribution in [0.4, 0.5) is 5.69 Å². The van der Waals surface area contributed by atoms with Crippen molar-refractivity contribution in [2.75, 3.05) is 0 Å². The van der Waals surface area contributed by atoms with Crippen LogP contribution in [0, 0.1) is 15.3 Å². The van der Waals surface area contributed by atoms with Gasteiger partial charge in [0.1, 0.15) is 0 Å². The van der Waals surface area contributed by atoms with Crippen molar-refractivity contribution in [3.8, 4) is 11.4 Å². The summed E-state index contributed by atoms with van der Waals surface area (Å²) in [7, 11) is 0. The SMILES string of the molecule is O=[N+]([O-])c1cccc(-c2nc3ccc(Br)cn3[n+]2[O-])c1. The molecule has 3 rings (SSSR count). The normalized spacial score (nSPS) is 10.8. The van der Waals surface area contributed by atoms with Gasteiger partial charge in [0.25, 0.3) is 11.3 Å². The minimum absolute atomic E-state index is 0.0827. The highest BCUT2D eigenvalue weighted by atomic mass is 79.9. The Morgan fingerprint density at radius 3 is 2.85 bits per heavy atom. The Balaban J connectivity index is 2.22. The van der Waals surface area contributed by atoms with Gasteiger partial charge in [-0.15, -0.1) is 9.36 Å². The van der Waals surface area contributed by atoms with Crippen LogP contribution in [0.1, 0.15) is 0 Å². The number of fused-ring (bicyclic) bond motifs is 1. The molecule has 0 N–H and O–H groups in total. The van der Waals surface area contributed by atoms with Gasteiger partial charge in [0.2, 0.25) is 0 Å². The first-order valence-electron chi connectivity index (χ1n) is 5.58. The molecule has 1 aromatic carbocycles. The summed E-state index contributed by atoms with van der Waals surface area (Å²) in [6.45, 7) is 0. The molecule has 2 heterocycles. The zero-order chi connectivity index (χ0) is 14.3. The number of non-ortho nitro benzene ring substituents is 1. The summed E-state index contributed by atoms with van der Waals surface area (Å²) in [4.78, 5) is 15.1. The predicted octanol–water partition coefficient (Wildman–Crippen LogP) is 2.31. The molecule has 0 radical (unpaired) electrons. The fourth-order valence-corrected chi connectivity index (χ4v) is 2.20. The summed E-state index contributed by atoms with van der Waals surface area (Å²) in [5, 5.41) is 23.0. The van der Waals surface area contributed by atoms with Gasteiger partial charge in [-0.3, -0.25) is 10.1 Å². The molecule has 0 atom stereocenters. The average molecular weight is 335 g/mol. The first-order chi connectivity index (χ1) is 9.56. The minimum Gasteiger partial charge on any atom is -0.692 e. The lowest BCUT2D eigenvalue weighted by molar-refractivity contribution is -0.667. The number of rotatable bonds is 2. The van der Waals surface area contributed by atoms with E-state index in [1.807, 2.05) is 0 Å². The zero-order valence-corrected chi connectivity index (χ0v) is 11.5. The van der Waals surface area contributed by atoms with E-state index in [1.165, 1.54) is 22.7 Å². The molecule has 7 nitrogen and oxygen atoms in total. The number of halogens is 1. The number of nitrogens with zero attached hydrogens (tertiary/aromatic N) is 4. The van der Waals surface area contributed by atoms with Crippen molar-refractivity contribution in [1.29, 1.82) is 0 Å². The van der Waals surface area contributed by atoms with Gasteiger partial charge in [-0.1, -0.05) is 6.07 Å². The van der Waals surface area contributed by atoms with Crippen LogP contribution < -0.4 is 4.85 Å². The molecule has 0 aliphatic carbocycles. The number of hydrogen-bond donors (Lipinski definition) is 0. The Morgan fingerprint density at radius 2 is 2.10 bits per heavy atom. The molecule has 0 saturated carbocycles. The highest BCUT2D eigenvalue weighted by molar-refractivity contribution is 9.10. The van der Waals surface area contributed by atoms with E-state index in [2.05, 4.69) is 20.9 Å². The van der Waals surface area contributed by atoms with Crippen molar-refractivity contribution in [2.45, 2.75) is 0 Å². The lowest BCUT2D eigenvalue weighted by atomic mass is 10.2. The zero-order valence-electron chi connectivity index (χ0n) is 9.93. The third-order valence-corrected chi connectivity index (χ3v) is 3.25. The first kappa shape index (κ1) is 12.5. The molecule has 20 heavy (non-hydrogen) atoms. The van der Waals surface area contributed by atoms with Crippen molar-refractivity contribution >= 4 is 27.3 Å². The van der Waals surface area contributed by atoms with Gasteiger partial charge >= 0.3 is 5.82 Å². The Labute approximate surface area is 120 Å². The molecule has 0 unspecified atom stereocenters. The highest BCUT2D eigenvalue weighted by Gasteiger charge is 2.20. The van der Waals surface area contributed by atoms with Gasteiger partial charge in [-0.25, -0.2) is 0 Å². The average Bonchev–Trinajstić information content (AvgIpc) is 2.76. The van der Waals surface area contributed by atoms with Gasteiger partial charge in [0, 0.05) is 22.7 Å². The highest BCUT2D eigenvalue weighted by Crippen LogP contribution is 2.21. The largest absolute Gasteiger partial charge is 0.692 e. The number of hydrogen-bond acceptors (Lipinski definition) is 4. The summed E-state index contributed by atoms with van der Waals surface area (Å²) in [6.07, 6.45) is 1.58. The molecule has 3 aromatic rings. The topological polar surface area (TPSA) is 87.4 Å². The maximum atomic E-state index is 12.2. The van der Waals surface area contributed by atoms with Crippen LogP contribution in [0.15, 0.2) is 47.1 Å². The molecule has 0 fully saturated rings. The smallest absolute Gasteiger partial charge is 0.355 e. The molecular formula is C12H7BrN4O3. The Bertz CT molecular complexity index is 831. The lowest BCUT2D eigenvalue weighted by Gasteiger charge is -2.02. The van der Waals surface area contributed by atoms with E-state index >= 15 is 0 Å². The minimum atomic E-state index is -0.509. The third kappa shape index (κ3) is 1.99. The second-order valence-electron chi connectivity index (χ2n) is 4.07. The van der Waals surface area contributed by atoms with Crippen LogP contribution in [0.2, 0.25) is 0 Å². The molecule has 8 heteroatoms. The maximum Gasteiger partial charge on any atom is 0.355 e. The van der Waals surface area contributed by atoms with Crippen LogP contribution in [0.5, 0.6) is 0 Å². The fourth-order valence-electron chi connectivity index (χ4n) is 1.88. The van der Waals surface area contributed by atoms with E-state index in [0.717, 1.165) is 4.47 Å². The fraction of sp³-hybridized carbons (Fsp3) is 0. The molecule has 0 aliphatic rings. The van der Waals surface area contributed by atoms with Crippen LogP contribution in [-0.2, 0) is 0 Å². The van der Waals surface area contributed by atoms with Crippen molar-refractivity contribution in [3.63, 3.8) is 0 Å². The number of pyridine rings is 1. The molecule has 0 spiro atoms. The molecule has 0 bridgehead atoms. The summed E-state index contributed by atoms with van der Waals surface area (Å²) in [5.74, 6) is 0.117. The summed E-state index contributed by atoms with van der Waals surface area (Å²) >= 11 is 3.27. The number of nitro benzene ring substituents is 1. The van der Waals surface area contributed by atoms with E-state index in [4.69, 9.17) is 0 Å². The second-order valence-corrected chi connectivity index (χ2v) is 4.98. The van der Waals surface area contributed by atoms with E-state index in [9.17, 15) is 15.3 Å². The van der Waals surface area contributed by atoms with Gasteiger partial charge < -0.3 is 5.21 Å². The van der Waals surface area contributed by atoms with E-state index < -0.39 is 4.92 Å². The van der Waals surface area contributed by atoms with Crippen LogP contribution in [-0.4, -0.2) is 14.4 Å². The standard InChI is InChI=1S/C12H7BrN4O3/c13-9-4-5-11-14-12(16(18)15(11)7-9)8-2-1-3-10(6-8)17(19)20/h1-7H. The van der Waals surface area contributed by atoms with Gasteiger partial charge in [-0.05, 0) is 33.0 Å². The molecule has 100 valence electrons. The third-order valence-electron chi connectivity index (χ3n) is 2.78. The van der Waals surface area contributed by atoms with Gasteiger partial charge in [-0.2, -0.15) is 0 Å². The predicted molar refractivity (Wildman–Crippen MR) is 73.9 cm³/mol. The van der Waals surface area contributed by atoms with Crippen molar-refractivity contribution in [2.24, 2.45) is 0 Å². The van der Waals surface area contributed by atoms with Gasteiger partial charge in [0.05, 0.1) is 16.7 Å². The molecule has 2 aromatic heterocycles. The first-order valence-corrected chi connectivity index (χ1v) is 6.38. The lowest BCUT2D eigenvalue weighted by Crippen LogP contribution is -2.34. The number of nitro groups is 1. The number of aromatic nitrogens is 3. The van der Waals surface area contributed by atoms with E-state index in [-0.39, 0.29) is 11.5 Å². The Morgan fingerprint density at radius 1 is 1.30 bits per heavy atom. The van der Waals surface area contributed by atoms with Crippen LogP contribution >= 0.6 is 15.9 Å². The van der Waals surface area contributed by atoms with E-state index in [0.29, 0.717) is 16.1 Å². The maximum absolute atomic E-state index is 12.2. The van der Waals surface area contributed by atoms with Crippen molar-refractivity contribution < 1.29 is 9.77 Å². The molecule has 0 saturated heterocycles. The summed E-state index contributed by atoms with van der Waals surface area (Å²) in [5.41, 5.74) is 0.777. The summed E-state index contributed by atoms with van der Waals surface area (Å²) in [6, 6.07) is 9.26. The molecule has 0 amide bonds. The molecular weight excluding hydrogens is 328 g/mol. The van der Waals surface area contributed by atoms with Gasteiger partial charge in [0.15, 0.2) is 0 Å². The van der Waals surface area contributed by atoms with Crippen molar-refractivity contribution in [1.82, 2.24) is 9.50 Å². The molecule has 0 aliphatic heterocycles. The quantitative estimate of drug-likeness (QED) is 0.311. The Hall–Kier alpha value is -2.48. The van der Waals surface area contributed by atoms with E-state index in [1.54, 1.807) is 24.4 Å². The van der Waals surface area contributed by atoms with Crippen LogP contribution in [0.25, 0.3) is 17.0 Å².